The predicted molar refractivity (Wildman–Crippen MR) is 113 cm³/mol. The van der Waals surface area contributed by atoms with E-state index in [-0.39, 0.29) is 16.1 Å². The second-order valence-electron chi connectivity index (χ2n) is 6.46. The molecule has 5 nitrogen and oxygen atoms in total. The fourth-order valence-electron chi connectivity index (χ4n) is 2.65. The van der Waals surface area contributed by atoms with Crippen molar-refractivity contribution in [3.8, 4) is 0 Å². The number of hydrogen-bond donors (Lipinski definition) is 2. The number of benzene rings is 3. The van der Waals surface area contributed by atoms with Crippen molar-refractivity contribution >= 4 is 38.9 Å². The number of nitrogens with one attached hydrogen (secondary N) is 2. The minimum absolute atomic E-state index is 0.138. The molecule has 0 spiro atoms. The SMILES string of the molecule is Cc1cccc(NS(=O)(=O)c2ccc(NC(=O)c3cccc(Cl)c3)c(F)c2)c1C. The number of halogens is 2. The van der Waals surface area contributed by atoms with Crippen molar-refractivity contribution in [1.82, 2.24) is 0 Å². The van der Waals surface area contributed by atoms with Gasteiger partial charge in [0.15, 0.2) is 0 Å². The van der Waals surface area contributed by atoms with E-state index in [1.165, 1.54) is 24.3 Å². The van der Waals surface area contributed by atoms with E-state index in [1.807, 2.05) is 13.0 Å². The Kier molecular flexibility index (Phi) is 5.91. The average molecular weight is 433 g/mol. The predicted octanol–water partition coefficient (Wildman–Crippen LogP) is 5.15. The Labute approximate surface area is 173 Å². The normalized spacial score (nSPS) is 11.2. The number of aryl methyl sites for hydroxylation is 1. The maximum atomic E-state index is 14.5. The number of rotatable bonds is 5. The van der Waals surface area contributed by atoms with Gasteiger partial charge >= 0.3 is 0 Å². The van der Waals surface area contributed by atoms with E-state index in [1.54, 1.807) is 31.2 Å². The van der Waals surface area contributed by atoms with E-state index in [0.717, 1.165) is 17.2 Å². The minimum atomic E-state index is -4.00. The largest absolute Gasteiger partial charge is 0.319 e. The second-order valence-corrected chi connectivity index (χ2v) is 8.58. The molecule has 29 heavy (non-hydrogen) atoms. The molecule has 0 radical (unpaired) electrons. The zero-order valence-electron chi connectivity index (χ0n) is 15.7. The summed E-state index contributed by atoms with van der Waals surface area (Å²) >= 11 is 5.85. The van der Waals surface area contributed by atoms with Crippen molar-refractivity contribution in [2.75, 3.05) is 10.0 Å². The van der Waals surface area contributed by atoms with Crippen LogP contribution in [-0.4, -0.2) is 14.3 Å². The van der Waals surface area contributed by atoms with Gasteiger partial charge in [0, 0.05) is 10.6 Å². The topological polar surface area (TPSA) is 75.3 Å². The van der Waals surface area contributed by atoms with Gasteiger partial charge in [-0.3, -0.25) is 9.52 Å². The molecule has 0 saturated carbocycles. The van der Waals surface area contributed by atoms with Gasteiger partial charge < -0.3 is 5.32 Å². The Morgan fingerprint density at radius 3 is 2.38 bits per heavy atom. The van der Waals surface area contributed by atoms with Gasteiger partial charge in [-0.25, -0.2) is 12.8 Å². The zero-order chi connectivity index (χ0) is 21.2. The number of sulfonamides is 1. The first-order valence-electron chi connectivity index (χ1n) is 8.63. The van der Waals surface area contributed by atoms with Crippen molar-refractivity contribution in [3.05, 3.63) is 88.2 Å². The molecule has 0 aliphatic rings. The highest BCUT2D eigenvalue weighted by Gasteiger charge is 2.19. The first-order chi connectivity index (χ1) is 13.7. The van der Waals surface area contributed by atoms with Gasteiger partial charge in [-0.2, -0.15) is 0 Å². The summed E-state index contributed by atoms with van der Waals surface area (Å²) in [6.07, 6.45) is 0. The van der Waals surface area contributed by atoms with E-state index in [4.69, 9.17) is 11.6 Å². The summed E-state index contributed by atoms with van der Waals surface area (Å²) in [6.45, 7) is 3.66. The molecule has 150 valence electrons. The first-order valence-corrected chi connectivity index (χ1v) is 10.5. The number of carbonyl (C=O) groups excluding carboxylic acids is 1. The lowest BCUT2D eigenvalue weighted by atomic mass is 10.1. The van der Waals surface area contributed by atoms with Crippen LogP contribution in [0.1, 0.15) is 21.5 Å². The van der Waals surface area contributed by atoms with Crippen molar-refractivity contribution in [2.24, 2.45) is 0 Å². The molecule has 1 amide bonds. The fourth-order valence-corrected chi connectivity index (χ4v) is 3.98. The van der Waals surface area contributed by atoms with Crippen LogP contribution in [0.5, 0.6) is 0 Å². The van der Waals surface area contributed by atoms with E-state index < -0.39 is 21.7 Å². The molecule has 3 rings (SSSR count). The van der Waals surface area contributed by atoms with Gasteiger partial charge in [-0.05, 0) is 67.4 Å². The van der Waals surface area contributed by atoms with Gasteiger partial charge in [0.2, 0.25) is 0 Å². The van der Waals surface area contributed by atoms with Gasteiger partial charge in [-0.15, -0.1) is 0 Å². The third-order valence-electron chi connectivity index (χ3n) is 4.43. The highest BCUT2D eigenvalue weighted by Crippen LogP contribution is 2.25. The standard InChI is InChI=1S/C21H18ClFN2O3S/c1-13-5-3-8-19(14(13)2)25-29(27,28)17-9-10-20(18(23)12-17)24-21(26)15-6-4-7-16(22)11-15/h3-12,25H,1-2H3,(H,24,26). The zero-order valence-corrected chi connectivity index (χ0v) is 17.2. The van der Waals surface area contributed by atoms with Crippen molar-refractivity contribution in [2.45, 2.75) is 18.7 Å². The van der Waals surface area contributed by atoms with Crippen LogP contribution in [0, 0.1) is 19.7 Å². The van der Waals surface area contributed by atoms with Crippen LogP contribution in [0.25, 0.3) is 0 Å². The highest BCUT2D eigenvalue weighted by molar-refractivity contribution is 7.92. The van der Waals surface area contributed by atoms with Crippen LogP contribution >= 0.6 is 11.6 Å². The lowest BCUT2D eigenvalue weighted by Gasteiger charge is -2.13. The summed E-state index contributed by atoms with van der Waals surface area (Å²) in [5.41, 5.74) is 2.24. The maximum Gasteiger partial charge on any atom is 0.262 e. The van der Waals surface area contributed by atoms with Crippen LogP contribution in [-0.2, 0) is 10.0 Å². The molecule has 0 aliphatic heterocycles. The molecule has 0 fully saturated rings. The van der Waals surface area contributed by atoms with Crippen LogP contribution in [0.2, 0.25) is 5.02 Å². The van der Waals surface area contributed by atoms with Crippen molar-refractivity contribution in [3.63, 3.8) is 0 Å². The van der Waals surface area contributed by atoms with Crippen molar-refractivity contribution < 1.29 is 17.6 Å². The summed E-state index contributed by atoms with van der Waals surface area (Å²) in [4.78, 5) is 12.0. The fraction of sp³-hybridized carbons (Fsp3) is 0.0952. The maximum absolute atomic E-state index is 14.5. The molecule has 0 aliphatic carbocycles. The van der Waals surface area contributed by atoms with Gasteiger partial charge in [0.25, 0.3) is 15.9 Å². The van der Waals surface area contributed by atoms with Crippen LogP contribution in [0.15, 0.2) is 65.6 Å². The molecule has 8 heteroatoms. The van der Waals surface area contributed by atoms with Gasteiger partial charge in [-0.1, -0.05) is 29.8 Å². The molecule has 0 unspecified atom stereocenters. The minimum Gasteiger partial charge on any atom is -0.319 e. The Balaban J connectivity index is 1.83. The Morgan fingerprint density at radius 1 is 0.966 bits per heavy atom. The lowest BCUT2D eigenvalue weighted by Crippen LogP contribution is -2.16. The molecule has 0 aromatic heterocycles. The Hall–Kier alpha value is -2.90. The third kappa shape index (κ3) is 4.75. The van der Waals surface area contributed by atoms with Crippen LogP contribution in [0.4, 0.5) is 15.8 Å². The lowest BCUT2D eigenvalue weighted by molar-refractivity contribution is 0.102. The van der Waals surface area contributed by atoms with Gasteiger partial charge in [0.1, 0.15) is 5.82 Å². The molecule has 0 atom stereocenters. The summed E-state index contributed by atoms with van der Waals surface area (Å²) < 4.78 is 42.2. The summed E-state index contributed by atoms with van der Waals surface area (Å²) in [5.74, 6) is -1.43. The Morgan fingerprint density at radius 2 is 1.69 bits per heavy atom. The van der Waals surface area contributed by atoms with Gasteiger partial charge in [0.05, 0.1) is 16.3 Å². The molecule has 3 aromatic rings. The number of anilines is 2. The highest BCUT2D eigenvalue weighted by atomic mass is 35.5. The van der Waals surface area contributed by atoms with E-state index in [2.05, 4.69) is 10.0 Å². The number of hydrogen-bond acceptors (Lipinski definition) is 3. The van der Waals surface area contributed by atoms with E-state index in [0.29, 0.717) is 10.7 Å². The molecule has 2 N–H and O–H groups in total. The smallest absolute Gasteiger partial charge is 0.262 e. The molecule has 0 saturated heterocycles. The summed E-state index contributed by atoms with van der Waals surface area (Å²) in [7, 11) is -4.00. The number of amides is 1. The molecule has 0 bridgehead atoms. The van der Waals surface area contributed by atoms with Crippen LogP contribution < -0.4 is 10.0 Å². The average Bonchev–Trinajstić information content (AvgIpc) is 2.67. The quantitative estimate of drug-likeness (QED) is 0.585. The number of carbonyl (C=O) groups is 1. The summed E-state index contributed by atoms with van der Waals surface area (Å²) in [6, 6.07) is 14.7. The second kappa shape index (κ2) is 8.23. The van der Waals surface area contributed by atoms with Crippen LogP contribution in [0.3, 0.4) is 0 Å². The monoisotopic (exact) mass is 432 g/mol. The molecular weight excluding hydrogens is 415 g/mol. The molecule has 3 aromatic carbocycles. The van der Waals surface area contributed by atoms with E-state index >= 15 is 0 Å². The molecule has 0 heterocycles. The third-order valence-corrected chi connectivity index (χ3v) is 6.03. The Bertz CT molecular complexity index is 1200. The summed E-state index contributed by atoms with van der Waals surface area (Å²) in [5, 5.41) is 2.78. The molecular formula is C21H18ClFN2O3S. The first kappa shape index (κ1) is 20.8. The van der Waals surface area contributed by atoms with E-state index in [9.17, 15) is 17.6 Å². The van der Waals surface area contributed by atoms with Crippen molar-refractivity contribution in [1.29, 1.82) is 0 Å².